The van der Waals surface area contributed by atoms with Crippen molar-refractivity contribution in [3.05, 3.63) is 125 Å². The molecule has 0 radical (unpaired) electrons. The molecule has 0 saturated carbocycles. The summed E-state index contributed by atoms with van der Waals surface area (Å²) >= 11 is 6.47. The Labute approximate surface area is 225 Å². The number of carboxylic acid groups (broad SMARTS) is 1. The normalized spacial score (nSPS) is 16.8. The molecule has 1 saturated heterocycles. The third-order valence-electron chi connectivity index (χ3n) is 6.81. The summed E-state index contributed by atoms with van der Waals surface area (Å²) in [6.45, 7) is 0.217. The van der Waals surface area contributed by atoms with E-state index in [0.29, 0.717) is 40.3 Å². The zero-order chi connectivity index (χ0) is 26.6. The highest BCUT2D eigenvalue weighted by atomic mass is 35.5. The largest absolute Gasteiger partial charge is 0.488 e. The molecule has 5 nitrogen and oxygen atoms in total. The highest BCUT2D eigenvalue weighted by Crippen LogP contribution is 2.42. The maximum atomic E-state index is 14.1. The molecule has 4 aromatic carbocycles. The van der Waals surface area contributed by atoms with E-state index in [2.05, 4.69) is 0 Å². The third-order valence-corrected chi connectivity index (χ3v) is 7.16. The van der Waals surface area contributed by atoms with Crippen molar-refractivity contribution >= 4 is 23.5 Å². The van der Waals surface area contributed by atoms with E-state index >= 15 is 0 Å². The molecule has 1 amide bonds. The predicted molar refractivity (Wildman–Crippen MR) is 144 cm³/mol. The predicted octanol–water partition coefficient (Wildman–Crippen LogP) is 7.16. The third kappa shape index (κ3) is 5.13. The number of hydrogen-bond acceptors (Lipinski definition) is 3. The van der Waals surface area contributed by atoms with E-state index < -0.39 is 18.1 Å². The van der Waals surface area contributed by atoms with Gasteiger partial charge < -0.3 is 14.7 Å². The molecule has 38 heavy (non-hydrogen) atoms. The number of carboxylic acids is 1. The number of rotatable bonds is 7. The summed E-state index contributed by atoms with van der Waals surface area (Å²) in [6, 6.07) is 26.3. The van der Waals surface area contributed by atoms with Gasteiger partial charge in [-0.3, -0.25) is 4.79 Å². The van der Waals surface area contributed by atoms with E-state index in [1.54, 1.807) is 36.4 Å². The van der Waals surface area contributed by atoms with Crippen molar-refractivity contribution in [1.29, 1.82) is 0 Å². The molecule has 0 bridgehead atoms. The van der Waals surface area contributed by atoms with Crippen LogP contribution in [0.15, 0.2) is 97.1 Å². The second-order valence-electron chi connectivity index (χ2n) is 9.14. The number of aliphatic carboxylic acids is 1. The van der Waals surface area contributed by atoms with E-state index in [-0.39, 0.29) is 18.3 Å². The molecule has 0 spiro atoms. The summed E-state index contributed by atoms with van der Waals surface area (Å²) in [5.41, 5.74) is 3.22. The van der Waals surface area contributed by atoms with Gasteiger partial charge in [0.2, 0.25) is 0 Å². The lowest BCUT2D eigenvalue weighted by atomic mass is 9.97. The maximum Gasteiger partial charge on any atom is 0.326 e. The van der Waals surface area contributed by atoms with E-state index in [4.69, 9.17) is 16.3 Å². The Morgan fingerprint density at radius 1 is 0.868 bits per heavy atom. The molecule has 1 aliphatic heterocycles. The Morgan fingerprint density at radius 2 is 1.53 bits per heavy atom. The number of para-hydroxylation sites is 1. The van der Waals surface area contributed by atoms with Gasteiger partial charge in [0.1, 0.15) is 24.2 Å². The van der Waals surface area contributed by atoms with Crippen LogP contribution in [-0.4, -0.2) is 27.9 Å². The van der Waals surface area contributed by atoms with Gasteiger partial charge in [-0.2, -0.15) is 0 Å². The van der Waals surface area contributed by atoms with Crippen molar-refractivity contribution in [2.75, 3.05) is 0 Å². The molecule has 4 aromatic rings. The SMILES string of the molecule is O=C(O)[C@@H]1CC[C@H](c2ccccc2Cl)N1C(=O)c1ccccc1-c1ccccc1OCc1ccc(F)cc1. The lowest BCUT2D eigenvalue weighted by Gasteiger charge is -2.30. The van der Waals surface area contributed by atoms with Crippen molar-refractivity contribution in [2.24, 2.45) is 0 Å². The first-order valence-corrected chi connectivity index (χ1v) is 12.7. The summed E-state index contributed by atoms with van der Waals surface area (Å²) in [7, 11) is 0. The molecule has 1 aliphatic rings. The van der Waals surface area contributed by atoms with Gasteiger partial charge >= 0.3 is 5.97 Å². The summed E-state index contributed by atoms with van der Waals surface area (Å²) in [5.74, 6) is -1.20. The first-order chi connectivity index (χ1) is 18.4. The number of amides is 1. The lowest BCUT2D eigenvalue weighted by Crippen LogP contribution is -2.42. The van der Waals surface area contributed by atoms with Gasteiger partial charge in [0.05, 0.1) is 6.04 Å². The van der Waals surface area contributed by atoms with Gasteiger partial charge in [0, 0.05) is 16.1 Å². The van der Waals surface area contributed by atoms with Gasteiger partial charge in [-0.15, -0.1) is 0 Å². The minimum absolute atomic E-state index is 0.217. The van der Waals surface area contributed by atoms with Gasteiger partial charge in [0.25, 0.3) is 5.91 Å². The van der Waals surface area contributed by atoms with Gasteiger partial charge in [-0.1, -0.05) is 78.3 Å². The molecule has 2 atom stereocenters. The van der Waals surface area contributed by atoms with Crippen LogP contribution < -0.4 is 4.74 Å². The molecule has 192 valence electrons. The summed E-state index contributed by atoms with van der Waals surface area (Å²) in [5, 5.41) is 10.5. The van der Waals surface area contributed by atoms with Crippen LogP contribution in [0.1, 0.15) is 40.4 Å². The number of ether oxygens (including phenoxy) is 1. The second-order valence-corrected chi connectivity index (χ2v) is 9.55. The summed E-state index contributed by atoms with van der Waals surface area (Å²) in [6.07, 6.45) is 0.822. The maximum absolute atomic E-state index is 14.1. The van der Waals surface area contributed by atoms with E-state index in [0.717, 1.165) is 11.1 Å². The van der Waals surface area contributed by atoms with Crippen molar-refractivity contribution in [1.82, 2.24) is 4.90 Å². The van der Waals surface area contributed by atoms with Crippen LogP contribution in [0.2, 0.25) is 5.02 Å². The number of hydrogen-bond donors (Lipinski definition) is 1. The monoisotopic (exact) mass is 529 g/mol. The lowest BCUT2D eigenvalue weighted by molar-refractivity contribution is -0.141. The molecule has 1 heterocycles. The second kappa shape index (κ2) is 11.1. The van der Waals surface area contributed by atoms with Gasteiger partial charge in [0.15, 0.2) is 0 Å². The number of nitrogens with zero attached hydrogens (tertiary/aromatic N) is 1. The number of carbonyl (C=O) groups excluding carboxylic acids is 1. The van der Waals surface area contributed by atoms with Crippen molar-refractivity contribution in [3.8, 4) is 16.9 Å². The average molecular weight is 530 g/mol. The summed E-state index contributed by atoms with van der Waals surface area (Å²) < 4.78 is 19.4. The number of likely N-dealkylation sites (tertiary alicyclic amines) is 1. The smallest absolute Gasteiger partial charge is 0.326 e. The Morgan fingerprint density at radius 3 is 2.26 bits per heavy atom. The topological polar surface area (TPSA) is 66.8 Å². The summed E-state index contributed by atoms with van der Waals surface area (Å²) in [4.78, 5) is 27.8. The van der Waals surface area contributed by atoms with Gasteiger partial charge in [-0.25, -0.2) is 9.18 Å². The molecule has 1 N–H and O–H groups in total. The first-order valence-electron chi connectivity index (χ1n) is 12.3. The van der Waals surface area contributed by atoms with Crippen molar-refractivity contribution in [2.45, 2.75) is 31.5 Å². The fourth-order valence-corrected chi connectivity index (χ4v) is 5.25. The minimum atomic E-state index is -1.05. The minimum Gasteiger partial charge on any atom is -0.488 e. The highest BCUT2D eigenvalue weighted by Gasteiger charge is 2.43. The molecule has 5 rings (SSSR count). The van der Waals surface area contributed by atoms with Crippen LogP contribution >= 0.6 is 11.6 Å². The fourth-order valence-electron chi connectivity index (χ4n) is 4.99. The zero-order valence-corrected chi connectivity index (χ0v) is 21.1. The zero-order valence-electron chi connectivity index (χ0n) is 20.4. The standard InChI is InChI=1S/C31H25ClFNO4/c32-26-11-5-3-10-25(26)27-17-18-28(31(36)37)34(27)30(35)24-9-2-1-7-22(24)23-8-4-6-12-29(23)38-19-20-13-15-21(33)16-14-20/h1-16,27-28H,17-19H2,(H,36,37)/t27-,28+/m1/s1. The molecular weight excluding hydrogens is 505 g/mol. The molecule has 0 unspecified atom stereocenters. The van der Waals surface area contributed by atoms with Crippen LogP contribution in [0.4, 0.5) is 4.39 Å². The molecule has 0 aromatic heterocycles. The quantitative estimate of drug-likeness (QED) is 0.276. The Bertz CT molecular complexity index is 1470. The molecule has 1 fully saturated rings. The van der Waals surface area contributed by atoms with Gasteiger partial charge in [-0.05, 0) is 59.9 Å². The van der Waals surface area contributed by atoms with Crippen molar-refractivity contribution < 1.29 is 23.8 Å². The average Bonchev–Trinajstić information content (AvgIpc) is 3.38. The number of carbonyl (C=O) groups is 2. The van der Waals surface area contributed by atoms with E-state index in [1.807, 2.05) is 48.5 Å². The number of halogens is 2. The highest BCUT2D eigenvalue weighted by molar-refractivity contribution is 6.31. The van der Waals surface area contributed by atoms with Crippen LogP contribution in [0, 0.1) is 5.82 Å². The molecule has 0 aliphatic carbocycles. The van der Waals surface area contributed by atoms with E-state index in [1.165, 1.54) is 17.0 Å². The Kier molecular flexibility index (Phi) is 7.43. The first kappa shape index (κ1) is 25.5. The van der Waals surface area contributed by atoms with Crippen LogP contribution in [0.25, 0.3) is 11.1 Å². The number of benzene rings is 4. The van der Waals surface area contributed by atoms with Crippen LogP contribution in [0.5, 0.6) is 5.75 Å². The fraction of sp³-hybridized carbons (Fsp3) is 0.161. The molecule has 7 heteroatoms. The van der Waals surface area contributed by atoms with Crippen molar-refractivity contribution in [3.63, 3.8) is 0 Å². The van der Waals surface area contributed by atoms with Crippen LogP contribution in [0.3, 0.4) is 0 Å². The van der Waals surface area contributed by atoms with E-state index in [9.17, 15) is 19.1 Å². The van der Waals surface area contributed by atoms with Crippen LogP contribution in [-0.2, 0) is 11.4 Å². The Balaban J connectivity index is 1.51. The Hall–Kier alpha value is -4.16. The molecular formula is C31H25ClFNO4.